The number of fused-ring (bicyclic) bond motifs is 1. The SMILES string of the molecule is C=CCOC(=O)C1=C(C)Nc2c(c(=O)n(C)c(=O)n2C)[C@@H]1c1ccc(N(CC)CC)cc1. The number of anilines is 2. The van der Waals surface area contributed by atoms with E-state index in [-0.39, 0.29) is 6.61 Å². The molecular weight excluding hydrogens is 408 g/mol. The van der Waals surface area contributed by atoms with E-state index in [0.29, 0.717) is 22.7 Å². The highest BCUT2D eigenvalue weighted by atomic mass is 16.5. The fourth-order valence-electron chi connectivity index (χ4n) is 4.17. The molecule has 0 radical (unpaired) electrons. The van der Waals surface area contributed by atoms with Crippen LogP contribution in [-0.2, 0) is 23.6 Å². The number of rotatable bonds is 7. The molecule has 170 valence electrons. The van der Waals surface area contributed by atoms with Gasteiger partial charge in [-0.05, 0) is 38.5 Å². The van der Waals surface area contributed by atoms with Gasteiger partial charge in [-0.3, -0.25) is 13.9 Å². The second-order valence-electron chi connectivity index (χ2n) is 7.72. The summed E-state index contributed by atoms with van der Waals surface area (Å²) in [6.45, 7) is 11.3. The van der Waals surface area contributed by atoms with Gasteiger partial charge < -0.3 is 15.0 Å². The number of benzene rings is 1. The number of nitrogens with zero attached hydrogens (tertiary/aromatic N) is 3. The summed E-state index contributed by atoms with van der Waals surface area (Å²) < 4.78 is 7.80. The minimum absolute atomic E-state index is 0.0569. The first kappa shape index (κ1) is 23.1. The first-order valence-electron chi connectivity index (χ1n) is 10.7. The van der Waals surface area contributed by atoms with Crippen LogP contribution in [0.15, 0.2) is 57.8 Å². The van der Waals surface area contributed by atoms with E-state index in [1.54, 1.807) is 14.0 Å². The Hall–Kier alpha value is -3.55. The van der Waals surface area contributed by atoms with Gasteiger partial charge in [0.05, 0.1) is 17.1 Å². The summed E-state index contributed by atoms with van der Waals surface area (Å²) >= 11 is 0. The molecule has 2 aromatic rings. The molecule has 8 heteroatoms. The maximum atomic E-state index is 13.2. The zero-order valence-corrected chi connectivity index (χ0v) is 19.3. The van der Waals surface area contributed by atoms with E-state index in [2.05, 4.69) is 30.6 Å². The predicted molar refractivity (Wildman–Crippen MR) is 126 cm³/mol. The highest BCUT2D eigenvalue weighted by Gasteiger charge is 2.37. The van der Waals surface area contributed by atoms with Crippen molar-refractivity contribution >= 4 is 17.5 Å². The minimum atomic E-state index is -0.681. The third kappa shape index (κ3) is 3.88. The van der Waals surface area contributed by atoms with E-state index in [0.717, 1.165) is 28.9 Å². The molecule has 0 saturated heterocycles. The van der Waals surface area contributed by atoms with Crippen LogP contribution in [0.25, 0.3) is 0 Å². The molecule has 0 unspecified atom stereocenters. The molecule has 0 spiro atoms. The number of hydrogen-bond donors (Lipinski definition) is 1. The third-order valence-corrected chi connectivity index (χ3v) is 5.89. The van der Waals surface area contributed by atoms with Crippen molar-refractivity contribution in [2.24, 2.45) is 14.1 Å². The summed E-state index contributed by atoms with van der Waals surface area (Å²) in [5, 5.41) is 3.09. The largest absolute Gasteiger partial charge is 0.458 e. The maximum absolute atomic E-state index is 13.2. The Kier molecular flexibility index (Phi) is 6.72. The molecule has 1 atom stereocenters. The Morgan fingerprint density at radius 3 is 2.34 bits per heavy atom. The highest BCUT2D eigenvalue weighted by Crippen LogP contribution is 2.40. The van der Waals surface area contributed by atoms with Gasteiger partial charge in [0.15, 0.2) is 0 Å². The van der Waals surface area contributed by atoms with Crippen LogP contribution in [0, 0.1) is 0 Å². The molecule has 1 aromatic heterocycles. The standard InChI is InChI=1S/C24H30N4O4/c1-7-14-32-23(30)18-15(4)25-21-20(22(29)27(6)24(31)26(21)5)19(18)16-10-12-17(13-11-16)28(8-2)9-3/h7,10-13,19,25H,1,8-9,14H2,2-6H3/t19-/m1/s1. The van der Waals surface area contributed by atoms with Crippen molar-refractivity contribution in [3.8, 4) is 0 Å². The lowest BCUT2D eigenvalue weighted by Gasteiger charge is -2.31. The fourth-order valence-corrected chi connectivity index (χ4v) is 4.17. The van der Waals surface area contributed by atoms with Crippen LogP contribution >= 0.6 is 0 Å². The second kappa shape index (κ2) is 9.30. The van der Waals surface area contributed by atoms with Gasteiger partial charge >= 0.3 is 11.7 Å². The van der Waals surface area contributed by atoms with Crippen LogP contribution in [0.4, 0.5) is 11.5 Å². The zero-order valence-electron chi connectivity index (χ0n) is 19.3. The van der Waals surface area contributed by atoms with Crippen LogP contribution in [0.1, 0.15) is 37.8 Å². The highest BCUT2D eigenvalue weighted by molar-refractivity contribution is 5.94. The second-order valence-corrected chi connectivity index (χ2v) is 7.72. The molecule has 0 amide bonds. The van der Waals surface area contributed by atoms with Gasteiger partial charge in [-0.25, -0.2) is 9.59 Å². The number of nitrogens with one attached hydrogen (secondary N) is 1. The van der Waals surface area contributed by atoms with Crippen molar-refractivity contribution in [2.75, 3.05) is 29.9 Å². The maximum Gasteiger partial charge on any atom is 0.337 e. The number of esters is 1. The Morgan fingerprint density at radius 2 is 1.78 bits per heavy atom. The molecule has 0 bridgehead atoms. The van der Waals surface area contributed by atoms with Crippen LogP contribution in [0.2, 0.25) is 0 Å². The molecule has 32 heavy (non-hydrogen) atoms. The summed E-state index contributed by atoms with van der Waals surface area (Å²) in [6, 6.07) is 7.81. The van der Waals surface area contributed by atoms with Crippen molar-refractivity contribution in [1.82, 2.24) is 9.13 Å². The van der Waals surface area contributed by atoms with Crippen molar-refractivity contribution in [3.05, 3.63) is 80.2 Å². The van der Waals surface area contributed by atoms with Crippen LogP contribution in [0.3, 0.4) is 0 Å². The summed E-state index contributed by atoms with van der Waals surface area (Å²) in [5.74, 6) is -0.831. The van der Waals surface area contributed by atoms with Crippen molar-refractivity contribution in [2.45, 2.75) is 26.7 Å². The molecule has 8 nitrogen and oxygen atoms in total. The number of aromatic nitrogens is 2. The quantitative estimate of drug-likeness (QED) is 0.528. The van der Waals surface area contributed by atoms with Gasteiger partial charge in [-0.1, -0.05) is 24.8 Å². The van der Waals surface area contributed by atoms with E-state index in [4.69, 9.17) is 4.74 Å². The minimum Gasteiger partial charge on any atom is -0.458 e. The number of carbonyl (C=O) groups excluding carboxylic acids is 1. The molecule has 0 saturated carbocycles. The van der Waals surface area contributed by atoms with Crippen molar-refractivity contribution < 1.29 is 9.53 Å². The normalized spacial score (nSPS) is 15.1. The summed E-state index contributed by atoms with van der Waals surface area (Å²) in [7, 11) is 3.04. The molecule has 3 rings (SSSR count). The molecule has 1 aliphatic heterocycles. The molecule has 0 fully saturated rings. The number of hydrogen-bond acceptors (Lipinski definition) is 6. The van der Waals surface area contributed by atoms with Gasteiger partial charge in [0.1, 0.15) is 12.4 Å². The lowest BCUT2D eigenvalue weighted by molar-refractivity contribution is -0.138. The Balaban J connectivity index is 2.26. The molecule has 2 heterocycles. The summed E-state index contributed by atoms with van der Waals surface area (Å²) in [6.07, 6.45) is 1.49. The molecule has 1 N–H and O–H groups in total. The van der Waals surface area contributed by atoms with Gasteiger partial charge in [-0.2, -0.15) is 0 Å². The van der Waals surface area contributed by atoms with E-state index in [1.165, 1.54) is 17.7 Å². The van der Waals surface area contributed by atoms with E-state index in [9.17, 15) is 14.4 Å². The first-order valence-corrected chi connectivity index (χ1v) is 10.7. The van der Waals surface area contributed by atoms with Gasteiger partial charge in [-0.15, -0.1) is 0 Å². The van der Waals surface area contributed by atoms with E-state index < -0.39 is 23.1 Å². The predicted octanol–water partition coefficient (Wildman–Crippen LogP) is 2.49. The first-order chi connectivity index (χ1) is 15.3. The third-order valence-electron chi connectivity index (χ3n) is 5.89. The Morgan fingerprint density at radius 1 is 1.16 bits per heavy atom. The number of ether oxygens (including phenoxy) is 1. The number of carbonyl (C=O) groups is 1. The van der Waals surface area contributed by atoms with Crippen LogP contribution in [0.5, 0.6) is 0 Å². The van der Waals surface area contributed by atoms with Crippen molar-refractivity contribution in [1.29, 1.82) is 0 Å². The van der Waals surface area contributed by atoms with Crippen LogP contribution < -0.4 is 21.5 Å². The summed E-state index contributed by atoms with van der Waals surface area (Å²) in [5.41, 5.74) is 2.14. The molecular formula is C24H30N4O4. The van der Waals surface area contributed by atoms with Gasteiger partial charge in [0.2, 0.25) is 0 Å². The summed E-state index contributed by atoms with van der Waals surface area (Å²) in [4.78, 5) is 41.0. The monoisotopic (exact) mass is 438 g/mol. The average molecular weight is 439 g/mol. The zero-order chi connectivity index (χ0) is 23.6. The van der Waals surface area contributed by atoms with Crippen molar-refractivity contribution in [3.63, 3.8) is 0 Å². The smallest absolute Gasteiger partial charge is 0.337 e. The lowest BCUT2D eigenvalue weighted by atomic mass is 9.82. The average Bonchev–Trinajstić information content (AvgIpc) is 2.80. The molecule has 1 aromatic carbocycles. The van der Waals surface area contributed by atoms with Gasteiger partial charge in [0.25, 0.3) is 5.56 Å². The van der Waals surface area contributed by atoms with E-state index >= 15 is 0 Å². The fraction of sp³-hybridized carbons (Fsp3) is 0.375. The molecule has 0 aliphatic carbocycles. The van der Waals surface area contributed by atoms with Crippen LogP contribution in [-0.4, -0.2) is 34.8 Å². The molecule has 1 aliphatic rings. The van der Waals surface area contributed by atoms with E-state index in [1.807, 2.05) is 24.3 Å². The topological polar surface area (TPSA) is 85.6 Å². The number of allylic oxidation sites excluding steroid dienone is 1. The van der Waals surface area contributed by atoms with Gasteiger partial charge in [0, 0.05) is 38.6 Å². The Bertz CT molecular complexity index is 1180. The lowest BCUT2D eigenvalue weighted by Crippen LogP contribution is -2.43. The Labute approximate surface area is 187 Å².